The number of aryl methyl sites for hydroxylation is 1. The first kappa shape index (κ1) is 20.0. The van der Waals surface area contributed by atoms with E-state index in [9.17, 15) is 9.59 Å². The highest BCUT2D eigenvalue weighted by Crippen LogP contribution is 2.16. The summed E-state index contributed by atoms with van der Waals surface area (Å²) in [7, 11) is 1.56. The van der Waals surface area contributed by atoms with Gasteiger partial charge in [0, 0.05) is 11.3 Å². The molecule has 29 heavy (non-hydrogen) atoms. The van der Waals surface area contributed by atoms with E-state index in [1.807, 2.05) is 31.2 Å². The number of tetrazole rings is 1. The predicted octanol–water partition coefficient (Wildman–Crippen LogP) is 2.23. The summed E-state index contributed by atoms with van der Waals surface area (Å²) in [6.45, 7) is 3.22. The van der Waals surface area contributed by atoms with Crippen molar-refractivity contribution < 1.29 is 19.1 Å². The maximum atomic E-state index is 12.2. The van der Waals surface area contributed by atoms with Gasteiger partial charge in [0.25, 0.3) is 5.91 Å². The SMILES string of the molecule is COc1ccc(NC(=O)[C@H](C)OC(=O)Cn2nnc(-c3ccc(C)cc3)n2)cc1. The molecule has 1 aromatic heterocycles. The van der Waals surface area contributed by atoms with E-state index in [2.05, 4.69) is 20.7 Å². The van der Waals surface area contributed by atoms with Gasteiger partial charge >= 0.3 is 5.97 Å². The minimum Gasteiger partial charge on any atom is -0.497 e. The topological polar surface area (TPSA) is 108 Å². The number of nitrogens with one attached hydrogen (secondary N) is 1. The summed E-state index contributed by atoms with van der Waals surface area (Å²) in [6.07, 6.45) is -0.982. The summed E-state index contributed by atoms with van der Waals surface area (Å²) in [5.74, 6) is -0.0124. The van der Waals surface area contributed by atoms with Gasteiger partial charge in [0.15, 0.2) is 12.6 Å². The Kier molecular flexibility index (Phi) is 6.18. The molecule has 0 spiro atoms. The van der Waals surface area contributed by atoms with Crippen molar-refractivity contribution in [2.45, 2.75) is 26.5 Å². The molecule has 1 N–H and O–H groups in total. The summed E-state index contributed by atoms with van der Waals surface area (Å²) >= 11 is 0. The van der Waals surface area contributed by atoms with Crippen LogP contribution in [0, 0.1) is 6.92 Å². The quantitative estimate of drug-likeness (QED) is 0.611. The second-order valence-electron chi connectivity index (χ2n) is 6.36. The number of anilines is 1. The normalized spacial score (nSPS) is 11.6. The van der Waals surface area contributed by atoms with Crippen LogP contribution < -0.4 is 10.1 Å². The number of esters is 1. The second-order valence-corrected chi connectivity index (χ2v) is 6.36. The molecule has 1 amide bonds. The fraction of sp³-hybridized carbons (Fsp3) is 0.250. The Hall–Kier alpha value is -3.75. The van der Waals surface area contributed by atoms with Gasteiger partial charge in [-0.3, -0.25) is 4.79 Å². The van der Waals surface area contributed by atoms with E-state index < -0.39 is 18.0 Å². The van der Waals surface area contributed by atoms with Crippen molar-refractivity contribution in [2.75, 3.05) is 12.4 Å². The van der Waals surface area contributed by atoms with Gasteiger partial charge in [0.2, 0.25) is 5.82 Å². The Bertz CT molecular complexity index is 983. The number of rotatable bonds is 7. The van der Waals surface area contributed by atoms with E-state index in [1.165, 1.54) is 6.92 Å². The van der Waals surface area contributed by atoms with Crippen LogP contribution in [0.4, 0.5) is 5.69 Å². The van der Waals surface area contributed by atoms with Crippen LogP contribution >= 0.6 is 0 Å². The zero-order valence-corrected chi connectivity index (χ0v) is 16.3. The molecule has 1 atom stereocenters. The van der Waals surface area contributed by atoms with Crippen LogP contribution in [0.1, 0.15) is 12.5 Å². The average Bonchev–Trinajstić information content (AvgIpc) is 3.17. The Morgan fingerprint density at radius 1 is 1.10 bits per heavy atom. The molecular formula is C20H21N5O4. The number of methoxy groups -OCH3 is 1. The molecule has 0 fully saturated rings. The van der Waals surface area contributed by atoms with Gasteiger partial charge in [-0.2, -0.15) is 4.80 Å². The molecule has 2 aromatic carbocycles. The molecule has 0 aliphatic rings. The maximum absolute atomic E-state index is 12.2. The molecule has 0 aliphatic heterocycles. The van der Waals surface area contributed by atoms with Crippen LogP contribution in [0.2, 0.25) is 0 Å². The van der Waals surface area contributed by atoms with Crippen molar-refractivity contribution in [2.24, 2.45) is 0 Å². The standard InChI is InChI=1S/C20H21N5O4/c1-13-4-6-15(7-5-13)19-22-24-25(23-19)12-18(26)29-14(2)20(27)21-16-8-10-17(28-3)11-9-16/h4-11,14H,12H2,1-3H3,(H,21,27)/t14-/m0/s1. The third kappa shape index (κ3) is 5.38. The number of carbonyl (C=O) groups excluding carboxylic acids is 2. The highest BCUT2D eigenvalue weighted by molar-refractivity contribution is 5.95. The van der Waals surface area contributed by atoms with Crippen molar-refractivity contribution in [3.63, 3.8) is 0 Å². The minimum absolute atomic E-state index is 0.251. The first-order valence-corrected chi connectivity index (χ1v) is 8.94. The van der Waals surface area contributed by atoms with Crippen molar-refractivity contribution >= 4 is 17.6 Å². The lowest BCUT2D eigenvalue weighted by Gasteiger charge is -2.13. The summed E-state index contributed by atoms with van der Waals surface area (Å²) in [5, 5.41) is 14.6. The van der Waals surface area contributed by atoms with Crippen LogP contribution in [0.5, 0.6) is 5.75 Å². The number of amides is 1. The number of hydrogen-bond donors (Lipinski definition) is 1. The Morgan fingerprint density at radius 2 is 1.79 bits per heavy atom. The first-order chi connectivity index (χ1) is 13.9. The number of ether oxygens (including phenoxy) is 2. The molecule has 3 aromatic rings. The zero-order valence-electron chi connectivity index (χ0n) is 16.3. The van der Waals surface area contributed by atoms with E-state index in [4.69, 9.17) is 9.47 Å². The summed E-state index contributed by atoms with van der Waals surface area (Å²) in [6, 6.07) is 14.4. The van der Waals surface area contributed by atoms with Gasteiger partial charge in [-0.05, 0) is 43.3 Å². The van der Waals surface area contributed by atoms with Crippen LogP contribution in [-0.2, 0) is 20.9 Å². The number of aromatic nitrogens is 4. The number of nitrogens with zero attached hydrogens (tertiary/aromatic N) is 4. The largest absolute Gasteiger partial charge is 0.497 e. The lowest BCUT2D eigenvalue weighted by molar-refractivity contribution is -0.154. The summed E-state index contributed by atoms with van der Waals surface area (Å²) in [4.78, 5) is 25.4. The Balaban J connectivity index is 1.53. The number of hydrogen-bond acceptors (Lipinski definition) is 7. The van der Waals surface area contributed by atoms with Gasteiger partial charge < -0.3 is 14.8 Å². The fourth-order valence-corrected chi connectivity index (χ4v) is 2.45. The van der Waals surface area contributed by atoms with Gasteiger partial charge in [-0.25, -0.2) is 4.79 Å². The van der Waals surface area contributed by atoms with Crippen LogP contribution in [-0.4, -0.2) is 45.3 Å². The molecular weight excluding hydrogens is 374 g/mol. The van der Waals surface area contributed by atoms with E-state index >= 15 is 0 Å². The molecule has 0 bridgehead atoms. The second kappa shape index (κ2) is 8.96. The molecule has 9 nitrogen and oxygen atoms in total. The average molecular weight is 395 g/mol. The summed E-state index contributed by atoms with van der Waals surface area (Å²) < 4.78 is 10.2. The highest BCUT2D eigenvalue weighted by Gasteiger charge is 2.19. The molecule has 1 heterocycles. The zero-order chi connectivity index (χ0) is 20.8. The van der Waals surface area contributed by atoms with Crippen molar-refractivity contribution in [1.82, 2.24) is 20.2 Å². The lowest BCUT2D eigenvalue weighted by atomic mass is 10.1. The smallest absolute Gasteiger partial charge is 0.330 e. The molecule has 150 valence electrons. The molecule has 0 unspecified atom stereocenters. The van der Waals surface area contributed by atoms with Gasteiger partial charge in [-0.15, -0.1) is 10.2 Å². The Labute approximate surface area is 167 Å². The fourth-order valence-electron chi connectivity index (χ4n) is 2.45. The van der Waals surface area contributed by atoms with Gasteiger partial charge in [0.1, 0.15) is 5.75 Å². The van der Waals surface area contributed by atoms with E-state index in [0.717, 1.165) is 15.9 Å². The monoisotopic (exact) mass is 395 g/mol. The molecule has 0 saturated carbocycles. The van der Waals surface area contributed by atoms with Gasteiger partial charge in [-0.1, -0.05) is 29.8 Å². The van der Waals surface area contributed by atoms with Crippen LogP contribution in [0.15, 0.2) is 48.5 Å². The lowest BCUT2D eigenvalue weighted by Crippen LogP contribution is -2.31. The molecule has 0 aliphatic carbocycles. The van der Waals surface area contributed by atoms with E-state index in [0.29, 0.717) is 17.3 Å². The van der Waals surface area contributed by atoms with E-state index in [-0.39, 0.29) is 6.54 Å². The molecule has 0 saturated heterocycles. The third-order valence-corrected chi connectivity index (χ3v) is 4.07. The predicted molar refractivity (Wildman–Crippen MR) is 105 cm³/mol. The third-order valence-electron chi connectivity index (χ3n) is 4.07. The van der Waals surface area contributed by atoms with Crippen LogP contribution in [0.25, 0.3) is 11.4 Å². The van der Waals surface area contributed by atoms with E-state index in [1.54, 1.807) is 31.4 Å². The van der Waals surface area contributed by atoms with Crippen molar-refractivity contribution in [3.05, 3.63) is 54.1 Å². The first-order valence-electron chi connectivity index (χ1n) is 8.94. The number of benzene rings is 2. The van der Waals surface area contributed by atoms with Crippen molar-refractivity contribution in [3.8, 4) is 17.1 Å². The Morgan fingerprint density at radius 3 is 2.45 bits per heavy atom. The number of carbonyl (C=O) groups is 2. The summed E-state index contributed by atoms with van der Waals surface area (Å²) in [5.41, 5.74) is 2.48. The van der Waals surface area contributed by atoms with Crippen LogP contribution in [0.3, 0.4) is 0 Å². The molecule has 3 rings (SSSR count). The molecule has 9 heteroatoms. The molecule has 0 radical (unpaired) electrons. The van der Waals surface area contributed by atoms with Crippen molar-refractivity contribution in [1.29, 1.82) is 0 Å². The highest BCUT2D eigenvalue weighted by atomic mass is 16.5. The van der Waals surface area contributed by atoms with Gasteiger partial charge in [0.05, 0.1) is 7.11 Å². The maximum Gasteiger partial charge on any atom is 0.330 e. The minimum atomic E-state index is -0.982.